The van der Waals surface area contributed by atoms with E-state index in [-0.39, 0.29) is 6.10 Å². The fourth-order valence-corrected chi connectivity index (χ4v) is 5.23. The van der Waals surface area contributed by atoms with Crippen LogP contribution in [0.5, 0.6) is 0 Å². The van der Waals surface area contributed by atoms with Crippen LogP contribution in [0.2, 0.25) is 0 Å². The summed E-state index contributed by atoms with van der Waals surface area (Å²) in [6.45, 7) is 4.45. The lowest BCUT2D eigenvalue weighted by molar-refractivity contribution is -0.898. The van der Waals surface area contributed by atoms with E-state index in [9.17, 15) is 9.46 Å². The summed E-state index contributed by atoms with van der Waals surface area (Å²) in [6.07, 6.45) is 19.8. The molecule has 2 atom stereocenters. The molecule has 1 aliphatic heterocycles. The number of quaternary nitrogens is 1. The molecule has 6 heteroatoms. The van der Waals surface area contributed by atoms with Crippen LogP contribution in [0.1, 0.15) is 110 Å². The largest absolute Gasteiger partial charge is 0.472 e. The standard InChI is InChI=1S/C23H48NO4P/c1-4-5-6-7-8-9-10-11-12-13-14-15-16-17-21-27-29(25,26)28-23-19-18-20-24(2,3)22-23/h23H,4-22H2,1-3H3/p+1. The number of likely N-dealkylation sites (N-methyl/N-ethyl adjacent to an activating group) is 1. The quantitative estimate of drug-likeness (QED) is 0.146. The zero-order valence-electron chi connectivity index (χ0n) is 19.6. The van der Waals surface area contributed by atoms with Gasteiger partial charge in [0.2, 0.25) is 0 Å². The highest BCUT2D eigenvalue weighted by Crippen LogP contribution is 2.46. The summed E-state index contributed by atoms with van der Waals surface area (Å²) in [5, 5.41) is 0. The minimum atomic E-state index is -3.91. The van der Waals surface area contributed by atoms with Crippen molar-refractivity contribution in [3.05, 3.63) is 0 Å². The fourth-order valence-electron chi connectivity index (χ4n) is 4.26. The molecule has 0 bridgehead atoms. The number of hydrogen-bond donors (Lipinski definition) is 1. The summed E-state index contributed by atoms with van der Waals surface area (Å²) in [4.78, 5) is 9.94. The maximum Gasteiger partial charge on any atom is 0.472 e. The number of likely N-dealkylation sites (tertiary alicyclic amines) is 1. The Labute approximate surface area is 180 Å². The zero-order valence-corrected chi connectivity index (χ0v) is 20.5. The Hall–Kier alpha value is 0.0700. The van der Waals surface area contributed by atoms with E-state index in [0.29, 0.717) is 6.61 Å². The number of unbranched alkanes of at least 4 members (excludes halogenated alkanes) is 13. The first-order valence-electron chi connectivity index (χ1n) is 12.3. The van der Waals surface area contributed by atoms with Crippen molar-refractivity contribution in [1.29, 1.82) is 0 Å². The highest BCUT2D eigenvalue weighted by Gasteiger charge is 2.34. The van der Waals surface area contributed by atoms with Gasteiger partial charge in [0.05, 0.1) is 27.2 Å². The SMILES string of the molecule is CCCCCCCCCCCCCCCCOP(=O)(O)OC1CCC[N+](C)(C)C1. The van der Waals surface area contributed by atoms with E-state index >= 15 is 0 Å². The average molecular weight is 435 g/mol. The number of hydrogen-bond acceptors (Lipinski definition) is 3. The van der Waals surface area contributed by atoms with Gasteiger partial charge in [-0.1, -0.05) is 90.4 Å². The lowest BCUT2D eigenvalue weighted by Gasteiger charge is -2.37. The van der Waals surface area contributed by atoms with Gasteiger partial charge in [0, 0.05) is 0 Å². The summed E-state index contributed by atoms with van der Waals surface area (Å²) in [6, 6.07) is 0. The van der Waals surface area contributed by atoms with E-state index in [4.69, 9.17) is 9.05 Å². The van der Waals surface area contributed by atoms with Crippen LogP contribution in [0, 0.1) is 0 Å². The summed E-state index contributed by atoms with van der Waals surface area (Å²) < 4.78 is 23.6. The van der Waals surface area contributed by atoms with Crippen LogP contribution in [0.3, 0.4) is 0 Å². The first-order chi connectivity index (χ1) is 13.8. The van der Waals surface area contributed by atoms with Gasteiger partial charge < -0.3 is 9.38 Å². The Balaban J connectivity index is 1.89. The molecule has 0 aromatic carbocycles. The third-order valence-corrected chi connectivity index (χ3v) is 7.10. The molecule has 0 aromatic heterocycles. The molecule has 0 aromatic rings. The van der Waals surface area contributed by atoms with E-state index in [2.05, 4.69) is 21.0 Å². The Morgan fingerprint density at radius 3 is 1.83 bits per heavy atom. The fraction of sp³-hybridized carbons (Fsp3) is 1.00. The molecule has 0 saturated carbocycles. The molecular weight excluding hydrogens is 385 g/mol. The summed E-state index contributed by atoms with van der Waals surface area (Å²) in [5.74, 6) is 0. The van der Waals surface area contributed by atoms with Crippen molar-refractivity contribution in [2.75, 3.05) is 33.8 Å². The van der Waals surface area contributed by atoms with Gasteiger partial charge in [0.25, 0.3) is 0 Å². The van der Waals surface area contributed by atoms with Gasteiger partial charge in [-0.25, -0.2) is 4.57 Å². The van der Waals surface area contributed by atoms with E-state index in [1.165, 1.54) is 77.0 Å². The van der Waals surface area contributed by atoms with Gasteiger partial charge in [-0.15, -0.1) is 0 Å². The van der Waals surface area contributed by atoms with Crippen LogP contribution in [0.4, 0.5) is 0 Å². The lowest BCUT2D eigenvalue weighted by Crippen LogP contribution is -2.50. The molecule has 2 unspecified atom stereocenters. The molecule has 0 radical (unpaired) electrons. The normalized spacial score (nSPS) is 21.2. The molecule has 1 saturated heterocycles. The van der Waals surface area contributed by atoms with Crippen molar-refractivity contribution in [1.82, 2.24) is 0 Å². The Morgan fingerprint density at radius 2 is 1.34 bits per heavy atom. The monoisotopic (exact) mass is 434 g/mol. The summed E-state index contributed by atoms with van der Waals surface area (Å²) >= 11 is 0. The number of rotatable bonds is 18. The summed E-state index contributed by atoms with van der Waals surface area (Å²) in [5.41, 5.74) is 0. The molecular formula is C23H49NO4P+. The van der Waals surface area contributed by atoms with Gasteiger partial charge in [-0.05, 0) is 19.3 Å². The second kappa shape index (κ2) is 15.8. The Morgan fingerprint density at radius 1 is 0.862 bits per heavy atom. The van der Waals surface area contributed by atoms with E-state index in [1.807, 2.05) is 0 Å². The van der Waals surface area contributed by atoms with E-state index in [0.717, 1.165) is 43.3 Å². The summed E-state index contributed by atoms with van der Waals surface area (Å²) in [7, 11) is 0.351. The van der Waals surface area contributed by atoms with Gasteiger partial charge in [-0.3, -0.25) is 9.05 Å². The van der Waals surface area contributed by atoms with Gasteiger partial charge in [0.15, 0.2) is 0 Å². The molecule has 1 N–H and O–H groups in total. The topological polar surface area (TPSA) is 55.8 Å². The van der Waals surface area contributed by atoms with Crippen LogP contribution >= 0.6 is 7.82 Å². The molecule has 1 heterocycles. The minimum Gasteiger partial charge on any atom is -0.326 e. The Kier molecular flexibility index (Phi) is 14.8. The molecule has 29 heavy (non-hydrogen) atoms. The molecule has 0 aliphatic carbocycles. The smallest absolute Gasteiger partial charge is 0.326 e. The van der Waals surface area contributed by atoms with Crippen LogP contribution in [-0.2, 0) is 13.6 Å². The Bertz CT molecular complexity index is 445. The van der Waals surface area contributed by atoms with Crippen molar-refractivity contribution >= 4 is 7.82 Å². The predicted octanol–water partition coefficient (Wildman–Crippen LogP) is 6.84. The molecule has 0 spiro atoms. The second-order valence-corrected chi connectivity index (χ2v) is 11.0. The average Bonchev–Trinajstić information content (AvgIpc) is 2.63. The third kappa shape index (κ3) is 15.5. The number of phosphoric acid groups is 1. The highest BCUT2D eigenvalue weighted by molar-refractivity contribution is 7.47. The first-order valence-corrected chi connectivity index (χ1v) is 13.8. The minimum absolute atomic E-state index is 0.175. The van der Waals surface area contributed by atoms with Crippen molar-refractivity contribution in [2.45, 2.75) is 116 Å². The van der Waals surface area contributed by atoms with Crippen LogP contribution in [0.15, 0.2) is 0 Å². The van der Waals surface area contributed by atoms with Crippen molar-refractivity contribution in [2.24, 2.45) is 0 Å². The van der Waals surface area contributed by atoms with Crippen molar-refractivity contribution < 1.29 is 23.0 Å². The highest BCUT2D eigenvalue weighted by atomic mass is 31.2. The lowest BCUT2D eigenvalue weighted by atomic mass is 10.0. The van der Waals surface area contributed by atoms with E-state index < -0.39 is 7.82 Å². The van der Waals surface area contributed by atoms with Crippen molar-refractivity contribution in [3.8, 4) is 0 Å². The van der Waals surface area contributed by atoms with Crippen molar-refractivity contribution in [3.63, 3.8) is 0 Å². The van der Waals surface area contributed by atoms with E-state index in [1.54, 1.807) is 0 Å². The molecule has 1 fully saturated rings. The maximum absolute atomic E-state index is 12.1. The molecule has 1 aliphatic rings. The number of piperidine rings is 1. The van der Waals surface area contributed by atoms with Gasteiger partial charge in [-0.2, -0.15) is 0 Å². The van der Waals surface area contributed by atoms with Gasteiger partial charge >= 0.3 is 7.82 Å². The molecule has 5 nitrogen and oxygen atoms in total. The third-order valence-electron chi connectivity index (χ3n) is 6.02. The van der Waals surface area contributed by atoms with Crippen LogP contribution in [-0.4, -0.2) is 49.3 Å². The second-order valence-electron chi connectivity index (χ2n) is 9.61. The number of nitrogens with zero attached hydrogens (tertiary/aromatic N) is 1. The van der Waals surface area contributed by atoms with Crippen LogP contribution < -0.4 is 0 Å². The maximum atomic E-state index is 12.1. The molecule has 1 rings (SSSR count). The first kappa shape index (κ1) is 27.1. The van der Waals surface area contributed by atoms with Crippen LogP contribution in [0.25, 0.3) is 0 Å². The van der Waals surface area contributed by atoms with Gasteiger partial charge in [0.1, 0.15) is 12.6 Å². The molecule has 174 valence electrons. The predicted molar refractivity (Wildman–Crippen MR) is 122 cm³/mol. The zero-order chi connectivity index (χ0) is 21.4. The number of phosphoric ester groups is 1. The molecule has 0 amide bonds.